The first-order valence-electron chi connectivity index (χ1n) is 8.22. The molecule has 0 radical (unpaired) electrons. The number of carbonyl (C=O) groups is 2. The van der Waals surface area contributed by atoms with E-state index in [1.54, 1.807) is 31.2 Å². The Morgan fingerprint density at radius 1 is 1.26 bits per heavy atom. The monoisotopic (exact) mass is 365 g/mol. The zero-order chi connectivity index (χ0) is 20.0. The Hall–Kier alpha value is -3.78. The van der Waals surface area contributed by atoms with Crippen LogP contribution in [0.15, 0.2) is 46.8 Å². The molecule has 0 spiro atoms. The van der Waals surface area contributed by atoms with E-state index in [0.29, 0.717) is 33.7 Å². The van der Waals surface area contributed by atoms with Crippen LogP contribution in [-0.2, 0) is 0 Å². The molecular formula is C19H19N5O3. The quantitative estimate of drug-likeness (QED) is 0.629. The summed E-state index contributed by atoms with van der Waals surface area (Å²) in [4.78, 5) is 22.6. The lowest BCUT2D eigenvalue weighted by Gasteiger charge is -2.28. The largest absolute Gasteiger partial charge is 0.465 e. The smallest absolute Gasteiger partial charge is 0.404 e. The van der Waals surface area contributed by atoms with Crippen LogP contribution in [-0.4, -0.2) is 30.7 Å². The molecule has 0 saturated heterocycles. The van der Waals surface area contributed by atoms with Gasteiger partial charge in [0.05, 0.1) is 29.2 Å². The summed E-state index contributed by atoms with van der Waals surface area (Å²) < 4.78 is 0. The van der Waals surface area contributed by atoms with Gasteiger partial charge >= 0.3 is 6.09 Å². The number of dihydropyridines is 1. The minimum atomic E-state index is -1.15. The Balaban J connectivity index is 2.51. The number of carbonyl (C=O) groups excluding carboxylic acids is 1. The van der Waals surface area contributed by atoms with Crippen LogP contribution < -0.4 is 16.0 Å². The molecule has 1 aliphatic rings. The average molecular weight is 365 g/mol. The Labute approximate surface area is 156 Å². The van der Waals surface area contributed by atoms with Crippen LogP contribution in [0.25, 0.3) is 0 Å². The van der Waals surface area contributed by atoms with Gasteiger partial charge in [-0.05, 0) is 24.6 Å². The lowest BCUT2D eigenvalue weighted by atomic mass is 9.80. The summed E-state index contributed by atoms with van der Waals surface area (Å²) in [5, 5.41) is 35.9. The fraction of sp³-hybridized carbons (Fsp3) is 0.263. The maximum Gasteiger partial charge on any atom is 0.404 e. The average Bonchev–Trinajstić information content (AvgIpc) is 2.66. The van der Waals surface area contributed by atoms with E-state index in [4.69, 9.17) is 5.11 Å². The normalized spacial score (nSPS) is 16.1. The Kier molecular flexibility index (Phi) is 6.18. The highest BCUT2D eigenvalue weighted by Gasteiger charge is 2.30. The van der Waals surface area contributed by atoms with Gasteiger partial charge in [0, 0.05) is 37.0 Å². The van der Waals surface area contributed by atoms with E-state index < -0.39 is 12.0 Å². The second-order valence-electron chi connectivity index (χ2n) is 5.90. The van der Waals surface area contributed by atoms with Gasteiger partial charge in [0.2, 0.25) is 0 Å². The summed E-state index contributed by atoms with van der Waals surface area (Å²) in [5.41, 5.74) is 2.94. The molecule has 0 fully saturated rings. The summed E-state index contributed by atoms with van der Waals surface area (Å²) in [6, 6.07) is 11.1. The van der Waals surface area contributed by atoms with Crippen molar-refractivity contribution in [2.24, 2.45) is 0 Å². The van der Waals surface area contributed by atoms with Gasteiger partial charge in [-0.2, -0.15) is 10.5 Å². The third-order valence-corrected chi connectivity index (χ3v) is 4.25. The number of amides is 2. The second kappa shape index (κ2) is 8.54. The highest BCUT2D eigenvalue weighted by atomic mass is 16.4. The van der Waals surface area contributed by atoms with Gasteiger partial charge in [0.25, 0.3) is 5.91 Å². The fourth-order valence-corrected chi connectivity index (χ4v) is 3.01. The zero-order valence-electron chi connectivity index (χ0n) is 15.0. The standard InChI is InChI=1S/C19H19N5O3/c1-11-14(9-20)17(12-4-3-5-13(8-12)18(25)22-2)15(10-21)16(24-11)6-7-23-19(26)27/h3-5,8,17,23-24H,6-7H2,1-2H3,(H,22,25)(H,26,27). The lowest BCUT2D eigenvalue weighted by molar-refractivity contribution is 0.0963. The van der Waals surface area contributed by atoms with E-state index in [1.807, 2.05) is 0 Å². The van der Waals surface area contributed by atoms with Crippen molar-refractivity contribution in [3.63, 3.8) is 0 Å². The Morgan fingerprint density at radius 3 is 2.56 bits per heavy atom. The third kappa shape index (κ3) is 4.25. The van der Waals surface area contributed by atoms with Crippen molar-refractivity contribution in [3.8, 4) is 12.1 Å². The molecular weight excluding hydrogens is 346 g/mol. The molecule has 27 heavy (non-hydrogen) atoms. The van der Waals surface area contributed by atoms with Crippen LogP contribution in [0.3, 0.4) is 0 Å². The van der Waals surface area contributed by atoms with Crippen molar-refractivity contribution >= 4 is 12.0 Å². The van der Waals surface area contributed by atoms with Crippen molar-refractivity contribution in [2.75, 3.05) is 13.6 Å². The molecule has 0 bridgehead atoms. The minimum Gasteiger partial charge on any atom is -0.465 e. The van der Waals surface area contributed by atoms with Gasteiger partial charge in [-0.1, -0.05) is 12.1 Å². The van der Waals surface area contributed by atoms with Crippen LogP contribution in [0.2, 0.25) is 0 Å². The molecule has 1 unspecified atom stereocenters. The van der Waals surface area contributed by atoms with Crippen molar-refractivity contribution in [1.82, 2.24) is 16.0 Å². The highest BCUT2D eigenvalue weighted by Crippen LogP contribution is 2.38. The molecule has 0 saturated carbocycles. The molecule has 1 heterocycles. The summed E-state index contributed by atoms with van der Waals surface area (Å²) in [7, 11) is 1.53. The van der Waals surface area contributed by atoms with Crippen LogP contribution in [0, 0.1) is 22.7 Å². The summed E-state index contributed by atoms with van der Waals surface area (Å²) >= 11 is 0. The van der Waals surface area contributed by atoms with E-state index in [9.17, 15) is 20.1 Å². The van der Waals surface area contributed by atoms with Crippen molar-refractivity contribution in [1.29, 1.82) is 10.5 Å². The first kappa shape index (κ1) is 19.5. The molecule has 0 aromatic heterocycles. The number of hydrogen-bond acceptors (Lipinski definition) is 5. The maximum absolute atomic E-state index is 11.9. The molecule has 1 aromatic rings. The lowest BCUT2D eigenvalue weighted by Crippen LogP contribution is -2.29. The Bertz CT molecular complexity index is 918. The van der Waals surface area contributed by atoms with Crippen LogP contribution in [0.4, 0.5) is 4.79 Å². The van der Waals surface area contributed by atoms with E-state index >= 15 is 0 Å². The number of carboxylic acid groups (broad SMARTS) is 1. The van der Waals surface area contributed by atoms with Crippen molar-refractivity contribution < 1.29 is 14.7 Å². The van der Waals surface area contributed by atoms with Crippen molar-refractivity contribution in [2.45, 2.75) is 19.3 Å². The molecule has 8 nitrogen and oxygen atoms in total. The first-order chi connectivity index (χ1) is 12.9. The number of nitriles is 2. The topological polar surface area (TPSA) is 138 Å². The number of allylic oxidation sites excluding steroid dienone is 3. The van der Waals surface area contributed by atoms with Crippen LogP contribution in [0.1, 0.15) is 35.2 Å². The fourth-order valence-electron chi connectivity index (χ4n) is 3.01. The van der Waals surface area contributed by atoms with E-state index in [0.717, 1.165) is 0 Å². The van der Waals surface area contributed by atoms with Gasteiger partial charge in [-0.25, -0.2) is 4.79 Å². The molecule has 4 N–H and O–H groups in total. The Morgan fingerprint density at radius 2 is 1.96 bits per heavy atom. The molecule has 1 atom stereocenters. The molecule has 2 rings (SSSR count). The molecule has 8 heteroatoms. The number of benzene rings is 1. The highest BCUT2D eigenvalue weighted by molar-refractivity contribution is 5.94. The van der Waals surface area contributed by atoms with E-state index in [-0.39, 0.29) is 18.9 Å². The molecule has 0 aliphatic carbocycles. The number of hydrogen-bond donors (Lipinski definition) is 4. The van der Waals surface area contributed by atoms with Gasteiger partial charge < -0.3 is 21.1 Å². The second-order valence-corrected chi connectivity index (χ2v) is 5.90. The third-order valence-electron chi connectivity index (χ3n) is 4.25. The van der Waals surface area contributed by atoms with Gasteiger partial charge in [0.15, 0.2) is 0 Å². The summed E-state index contributed by atoms with van der Waals surface area (Å²) in [5.74, 6) is -0.885. The van der Waals surface area contributed by atoms with Gasteiger partial charge in [-0.3, -0.25) is 4.79 Å². The molecule has 138 valence electrons. The predicted molar refractivity (Wildman–Crippen MR) is 97.3 cm³/mol. The molecule has 1 aromatic carbocycles. The molecule has 1 aliphatic heterocycles. The maximum atomic E-state index is 11.9. The number of nitrogens with zero attached hydrogens (tertiary/aromatic N) is 2. The molecule has 2 amide bonds. The van der Waals surface area contributed by atoms with Crippen LogP contribution >= 0.6 is 0 Å². The minimum absolute atomic E-state index is 0.128. The van der Waals surface area contributed by atoms with Crippen molar-refractivity contribution in [3.05, 3.63) is 57.9 Å². The predicted octanol–water partition coefficient (Wildman–Crippen LogP) is 1.97. The van der Waals surface area contributed by atoms with Crippen LogP contribution in [0.5, 0.6) is 0 Å². The van der Waals surface area contributed by atoms with E-state index in [1.165, 1.54) is 7.05 Å². The van der Waals surface area contributed by atoms with Gasteiger partial charge in [-0.15, -0.1) is 0 Å². The number of nitrogens with one attached hydrogen (secondary N) is 3. The van der Waals surface area contributed by atoms with Gasteiger partial charge in [0.1, 0.15) is 0 Å². The van der Waals surface area contributed by atoms with E-state index in [2.05, 4.69) is 28.1 Å². The zero-order valence-corrected chi connectivity index (χ0v) is 15.0. The first-order valence-corrected chi connectivity index (χ1v) is 8.22. The SMILES string of the molecule is CNC(=O)c1cccc(C2C(C#N)=C(C)NC(CCNC(=O)O)=C2C#N)c1. The summed E-state index contributed by atoms with van der Waals surface area (Å²) in [6.07, 6.45) is -0.874. The summed E-state index contributed by atoms with van der Waals surface area (Å²) in [6.45, 7) is 1.86. The number of rotatable bonds is 5.